The first kappa shape index (κ1) is 20.1. The number of anilines is 1. The summed E-state index contributed by atoms with van der Waals surface area (Å²) < 4.78 is 5.57. The first-order chi connectivity index (χ1) is 15.2. The summed E-state index contributed by atoms with van der Waals surface area (Å²) in [5.41, 5.74) is 3.76. The molecule has 5 rings (SSSR count). The van der Waals surface area contributed by atoms with Gasteiger partial charge in [-0.15, -0.1) is 0 Å². The van der Waals surface area contributed by atoms with Gasteiger partial charge in [-0.25, -0.2) is 0 Å². The number of hydrogen-bond donors (Lipinski definition) is 0. The molecule has 3 aliphatic rings. The molecule has 0 N–H and O–H groups in total. The maximum Gasteiger partial charge on any atom is 0.261 e. The number of amides is 2. The Morgan fingerprint density at radius 1 is 0.935 bits per heavy atom. The van der Waals surface area contributed by atoms with Crippen molar-refractivity contribution in [2.45, 2.75) is 31.7 Å². The lowest BCUT2D eigenvalue weighted by Gasteiger charge is -2.46. The van der Waals surface area contributed by atoms with Gasteiger partial charge < -0.3 is 9.64 Å². The number of carbonyl (C=O) groups excluding carboxylic acids is 2. The molecule has 3 aliphatic heterocycles. The summed E-state index contributed by atoms with van der Waals surface area (Å²) >= 11 is 0. The molecule has 31 heavy (non-hydrogen) atoms. The van der Waals surface area contributed by atoms with Gasteiger partial charge in [0.25, 0.3) is 11.8 Å². The monoisotopic (exact) mass is 419 g/mol. The molecule has 0 unspecified atom stereocenters. The lowest BCUT2D eigenvalue weighted by molar-refractivity contribution is 0.0650. The summed E-state index contributed by atoms with van der Waals surface area (Å²) in [5, 5.41) is 0. The van der Waals surface area contributed by atoms with Crippen LogP contribution in [0.2, 0.25) is 0 Å². The number of nitrogens with zero attached hydrogens (tertiary/aromatic N) is 3. The predicted molar refractivity (Wildman–Crippen MR) is 120 cm³/mol. The van der Waals surface area contributed by atoms with Crippen molar-refractivity contribution in [2.24, 2.45) is 0 Å². The maximum atomic E-state index is 12.5. The van der Waals surface area contributed by atoms with Crippen molar-refractivity contribution in [2.75, 3.05) is 44.7 Å². The molecule has 162 valence electrons. The molecule has 1 fully saturated rings. The number of rotatable bonds is 6. The number of piperazine rings is 1. The molecule has 0 radical (unpaired) electrons. The molecule has 2 aromatic carbocycles. The fourth-order valence-electron chi connectivity index (χ4n) is 5.31. The van der Waals surface area contributed by atoms with E-state index in [1.165, 1.54) is 16.2 Å². The van der Waals surface area contributed by atoms with E-state index in [9.17, 15) is 9.59 Å². The van der Waals surface area contributed by atoms with E-state index in [1.807, 2.05) is 12.1 Å². The Kier molecular flexibility index (Phi) is 5.40. The van der Waals surface area contributed by atoms with E-state index in [4.69, 9.17) is 4.74 Å². The lowest BCUT2D eigenvalue weighted by atomic mass is 9.93. The van der Waals surface area contributed by atoms with Crippen molar-refractivity contribution in [3.8, 4) is 5.75 Å². The van der Waals surface area contributed by atoms with Crippen LogP contribution in [0.1, 0.15) is 45.5 Å². The number of hydrogen-bond acceptors (Lipinski definition) is 5. The van der Waals surface area contributed by atoms with Gasteiger partial charge in [0.2, 0.25) is 0 Å². The van der Waals surface area contributed by atoms with E-state index in [1.54, 1.807) is 19.2 Å². The normalized spacial score (nSPS) is 20.5. The predicted octanol–water partition coefficient (Wildman–Crippen LogP) is 3.21. The zero-order valence-corrected chi connectivity index (χ0v) is 18.0. The summed E-state index contributed by atoms with van der Waals surface area (Å²) in [6.45, 7) is 4.66. The summed E-state index contributed by atoms with van der Waals surface area (Å²) in [6, 6.07) is 14.0. The maximum absolute atomic E-state index is 12.5. The number of fused-ring (bicyclic) bond motifs is 4. The Balaban J connectivity index is 1.12. The van der Waals surface area contributed by atoms with Crippen molar-refractivity contribution < 1.29 is 14.3 Å². The van der Waals surface area contributed by atoms with Gasteiger partial charge in [0.05, 0.1) is 18.2 Å². The molecule has 0 aliphatic carbocycles. The van der Waals surface area contributed by atoms with Crippen LogP contribution in [-0.4, -0.2) is 67.5 Å². The van der Waals surface area contributed by atoms with Crippen LogP contribution >= 0.6 is 0 Å². The number of carbonyl (C=O) groups is 2. The van der Waals surface area contributed by atoms with Crippen LogP contribution < -0.4 is 9.64 Å². The van der Waals surface area contributed by atoms with E-state index < -0.39 is 0 Å². The van der Waals surface area contributed by atoms with Gasteiger partial charge in [-0.3, -0.25) is 19.4 Å². The van der Waals surface area contributed by atoms with Gasteiger partial charge in [-0.05, 0) is 56.5 Å². The first-order valence-corrected chi connectivity index (χ1v) is 11.3. The third kappa shape index (κ3) is 3.59. The molecular weight excluding hydrogens is 390 g/mol. The SMILES string of the molecule is COc1cccc2c1CC[C@@H]1CN(CCCCN3C(=O)c4ccccc4C3=O)CCN21. The van der Waals surface area contributed by atoms with Gasteiger partial charge in [0.15, 0.2) is 0 Å². The molecule has 0 bridgehead atoms. The van der Waals surface area contributed by atoms with Crippen molar-refractivity contribution in [3.05, 3.63) is 59.2 Å². The van der Waals surface area contributed by atoms with Crippen LogP contribution in [-0.2, 0) is 6.42 Å². The molecule has 0 spiro atoms. The molecule has 6 nitrogen and oxygen atoms in total. The summed E-state index contributed by atoms with van der Waals surface area (Å²) in [7, 11) is 1.75. The van der Waals surface area contributed by atoms with Crippen molar-refractivity contribution in [1.29, 1.82) is 0 Å². The average Bonchev–Trinajstić information content (AvgIpc) is 3.06. The highest BCUT2D eigenvalue weighted by molar-refractivity contribution is 6.21. The van der Waals surface area contributed by atoms with E-state index in [0.717, 1.165) is 57.6 Å². The highest BCUT2D eigenvalue weighted by Crippen LogP contribution is 2.37. The highest BCUT2D eigenvalue weighted by Gasteiger charge is 2.35. The van der Waals surface area contributed by atoms with E-state index in [-0.39, 0.29) is 11.8 Å². The second-order valence-electron chi connectivity index (χ2n) is 8.66. The Bertz CT molecular complexity index is 970. The molecular formula is C25H29N3O3. The average molecular weight is 420 g/mol. The lowest BCUT2D eigenvalue weighted by Crippen LogP contribution is -2.55. The van der Waals surface area contributed by atoms with Crippen LogP contribution in [0.25, 0.3) is 0 Å². The molecule has 6 heteroatoms. The van der Waals surface area contributed by atoms with Crippen LogP contribution in [0.4, 0.5) is 5.69 Å². The van der Waals surface area contributed by atoms with Crippen molar-refractivity contribution in [1.82, 2.24) is 9.80 Å². The standard InChI is InChI=1S/C25H29N3O3/c1-31-23-10-6-9-22-21(23)12-11-18-17-26(15-16-27(18)22)13-4-5-14-28-24(29)19-7-2-3-8-20(19)25(28)30/h2-3,6-10,18H,4-5,11-17H2,1H3/t18-/m1/s1. The minimum absolute atomic E-state index is 0.148. The quantitative estimate of drug-likeness (QED) is 0.532. The van der Waals surface area contributed by atoms with Gasteiger partial charge in [0, 0.05) is 43.5 Å². The third-order valence-electron chi connectivity index (χ3n) is 6.92. The number of imide groups is 1. The summed E-state index contributed by atoms with van der Waals surface area (Å²) in [5.74, 6) is 0.711. The molecule has 1 saturated heterocycles. The van der Waals surface area contributed by atoms with Crippen LogP contribution in [0.3, 0.4) is 0 Å². The number of benzene rings is 2. The van der Waals surface area contributed by atoms with Crippen LogP contribution in [0, 0.1) is 0 Å². The van der Waals surface area contributed by atoms with Gasteiger partial charge in [-0.1, -0.05) is 18.2 Å². The van der Waals surface area contributed by atoms with Crippen molar-refractivity contribution in [3.63, 3.8) is 0 Å². The fourth-order valence-corrected chi connectivity index (χ4v) is 5.31. The minimum Gasteiger partial charge on any atom is -0.496 e. The van der Waals surface area contributed by atoms with E-state index in [0.29, 0.717) is 23.7 Å². The Labute approximate surface area is 183 Å². The van der Waals surface area contributed by atoms with E-state index >= 15 is 0 Å². The molecule has 0 saturated carbocycles. The van der Waals surface area contributed by atoms with Crippen molar-refractivity contribution >= 4 is 17.5 Å². The van der Waals surface area contributed by atoms with E-state index in [2.05, 4.69) is 28.0 Å². The van der Waals surface area contributed by atoms with Crippen LogP contribution in [0.15, 0.2) is 42.5 Å². The van der Waals surface area contributed by atoms with Gasteiger partial charge >= 0.3 is 0 Å². The zero-order valence-electron chi connectivity index (χ0n) is 18.0. The first-order valence-electron chi connectivity index (χ1n) is 11.3. The fraction of sp³-hybridized carbons (Fsp3) is 0.440. The second-order valence-corrected chi connectivity index (χ2v) is 8.66. The highest BCUT2D eigenvalue weighted by atomic mass is 16.5. The minimum atomic E-state index is -0.148. The molecule has 2 aromatic rings. The topological polar surface area (TPSA) is 53.1 Å². The molecule has 0 aromatic heterocycles. The van der Waals surface area contributed by atoms with Crippen LogP contribution in [0.5, 0.6) is 5.75 Å². The molecule has 3 heterocycles. The Morgan fingerprint density at radius 2 is 1.68 bits per heavy atom. The smallest absolute Gasteiger partial charge is 0.261 e. The summed E-state index contributed by atoms with van der Waals surface area (Å²) in [4.78, 5) is 31.5. The molecule has 1 atom stereocenters. The second kappa shape index (κ2) is 8.35. The largest absolute Gasteiger partial charge is 0.496 e. The Morgan fingerprint density at radius 3 is 2.42 bits per heavy atom. The Hall–Kier alpha value is -2.86. The number of ether oxygens (including phenoxy) is 1. The summed E-state index contributed by atoms with van der Waals surface area (Å²) in [6.07, 6.45) is 4.05. The zero-order chi connectivity index (χ0) is 21.4. The van der Waals surface area contributed by atoms with Gasteiger partial charge in [-0.2, -0.15) is 0 Å². The third-order valence-corrected chi connectivity index (χ3v) is 6.92. The number of methoxy groups -OCH3 is 1. The van der Waals surface area contributed by atoms with Gasteiger partial charge in [0.1, 0.15) is 5.75 Å². The molecule has 2 amide bonds. The number of unbranched alkanes of at least 4 members (excludes halogenated alkanes) is 1.